The van der Waals surface area contributed by atoms with Crippen molar-refractivity contribution in [2.45, 2.75) is 33.6 Å². The van der Waals surface area contributed by atoms with E-state index in [0.29, 0.717) is 0 Å². The van der Waals surface area contributed by atoms with Crippen LogP contribution in [0.15, 0.2) is 23.6 Å². The minimum Gasteiger partial charge on any atom is -0.207 e. The molecule has 0 bridgehead atoms. The molecule has 10 heavy (non-hydrogen) atoms. The zero-order valence-corrected chi connectivity index (χ0v) is 6.95. The van der Waals surface area contributed by atoms with Crippen LogP contribution in [0.25, 0.3) is 0 Å². The molecule has 0 unspecified atom stereocenters. The van der Waals surface area contributed by atoms with Crippen LogP contribution in [0.1, 0.15) is 33.6 Å². The van der Waals surface area contributed by atoms with E-state index in [-0.39, 0.29) is 5.83 Å². The summed E-state index contributed by atoms with van der Waals surface area (Å²) in [6, 6.07) is 0. The molecule has 0 saturated carbocycles. The molecule has 0 aliphatic carbocycles. The molecule has 0 spiro atoms. The average Bonchev–Trinajstić information content (AvgIpc) is 1.88. The van der Waals surface area contributed by atoms with Gasteiger partial charge in [0.2, 0.25) is 0 Å². The summed E-state index contributed by atoms with van der Waals surface area (Å²) in [7, 11) is 0. The third-order valence-electron chi connectivity index (χ3n) is 1.30. The van der Waals surface area contributed by atoms with Crippen molar-refractivity contribution in [3.8, 4) is 0 Å². The number of hydrogen-bond acceptors (Lipinski definition) is 0. The highest BCUT2D eigenvalue weighted by Gasteiger charge is 1.89. The molecule has 0 aromatic heterocycles. The minimum absolute atomic E-state index is 0.133. The Balaban J connectivity index is 3.90. The summed E-state index contributed by atoms with van der Waals surface area (Å²) in [5.41, 5.74) is 1.11. The zero-order valence-electron chi connectivity index (χ0n) is 6.95. The summed E-state index contributed by atoms with van der Waals surface area (Å²) in [5, 5.41) is 0. The van der Waals surface area contributed by atoms with E-state index in [4.69, 9.17) is 0 Å². The Hall–Kier alpha value is -0.590. The van der Waals surface area contributed by atoms with Crippen LogP contribution in [0.3, 0.4) is 0 Å². The van der Waals surface area contributed by atoms with Gasteiger partial charge in [0.25, 0.3) is 0 Å². The summed E-state index contributed by atoms with van der Waals surface area (Å²) in [6.07, 6.45) is 5.13. The second kappa shape index (κ2) is 5.21. The standard InChI is InChI=1S/C9H15F/c1-4-6-8(3)7-9(10)5-2/h5,7H,4,6H2,1-3H3/b8-7+,9-5+. The van der Waals surface area contributed by atoms with Crippen LogP contribution in [-0.2, 0) is 0 Å². The van der Waals surface area contributed by atoms with Gasteiger partial charge in [-0.2, -0.15) is 0 Å². The molecular formula is C9H15F. The van der Waals surface area contributed by atoms with E-state index in [1.54, 1.807) is 13.0 Å². The van der Waals surface area contributed by atoms with Gasteiger partial charge in [-0.3, -0.25) is 0 Å². The Bertz CT molecular complexity index is 143. The van der Waals surface area contributed by atoms with Gasteiger partial charge in [-0.15, -0.1) is 0 Å². The maximum atomic E-state index is 12.5. The van der Waals surface area contributed by atoms with E-state index < -0.39 is 0 Å². The highest BCUT2D eigenvalue weighted by atomic mass is 19.1. The van der Waals surface area contributed by atoms with Gasteiger partial charge in [0.15, 0.2) is 0 Å². The molecule has 0 aliphatic rings. The molecule has 0 aromatic rings. The number of hydrogen-bond donors (Lipinski definition) is 0. The Morgan fingerprint density at radius 1 is 1.50 bits per heavy atom. The van der Waals surface area contributed by atoms with E-state index in [2.05, 4.69) is 6.92 Å². The zero-order chi connectivity index (χ0) is 7.98. The van der Waals surface area contributed by atoms with Gasteiger partial charge in [0.05, 0.1) is 0 Å². The molecule has 0 atom stereocenters. The third-order valence-corrected chi connectivity index (χ3v) is 1.30. The fraction of sp³-hybridized carbons (Fsp3) is 0.556. The predicted octanol–water partition coefficient (Wildman–Crippen LogP) is 3.61. The van der Waals surface area contributed by atoms with E-state index in [9.17, 15) is 4.39 Å². The first-order chi connectivity index (χ1) is 4.70. The molecule has 0 radical (unpaired) electrons. The highest BCUT2D eigenvalue weighted by molar-refractivity contribution is 5.15. The molecule has 0 heterocycles. The van der Waals surface area contributed by atoms with Crippen molar-refractivity contribution in [3.63, 3.8) is 0 Å². The van der Waals surface area contributed by atoms with Gasteiger partial charge in [-0.1, -0.05) is 25.0 Å². The first kappa shape index (κ1) is 9.41. The van der Waals surface area contributed by atoms with Crippen LogP contribution in [0, 0.1) is 0 Å². The summed E-state index contributed by atoms with van der Waals surface area (Å²) in [4.78, 5) is 0. The fourth-order valence-electron chi connectivity index (χ4n) is 0.785. The van der Waals surface area contributed by atoms with E-state index in [1.807, 2.05) is 6.92 Å². The Morgan fingerprint density at radius 2 is 2.10 bits per heavy atom. The molecule has 0 N–H and O–H groups in total. The molecule has 0 aromatic carbocycles. The van der Waals surface area contributed by atoms with E-state index in [1.165, 1.54) is 6.08 Å². The van der Waals surface area contributed by atoms with Gasteiger partial charge in [0.1, 0.15) is 5.83 Å². The monoisotopic (exact) mass is 142 g/mol. The minimum atomic E-state index is -0.133. The maximum absolute atomic E-state index is 12.5. The lowest BCUT2D eigenvalue weighted by atomic mass is 10.1. The quantitative estimate of drug-likeness (QED) is 0.528. The Labute approximate surface area is 62.4 Å². The molecule has 0 fully saturated rings. The van der Waals surface area contributed by atoms with Gasteiger partial charge < -0.3 is 0 Å². The smallest absolute Gasteiger partial charge is 0.118 e. The SMILES string of the molecule is C/C=C(F)\C=C(/C)CCC. The number of rotatable bonds is 3. The average molecular weight is 142 g/mol. The lowest BCUT2D eigenvalue weighted by molar-refractivity contribution is 0.661. The summed E-state index contributed by atoms with van der Waals surface area (Å²) in [5.74, 6) is -0.133. The Morgan fingerprint density at radius 3 is 2.50 bits per heavy atom. The fourth-order valence-corrected chi connectivity index (χ4v) is 0.785. The molecule has 0 amide bonds. The largest absolute Gasteiger partial charge is 0.207 e. The lowest BCUT2D eigenvalue weighted by Crippen LogP contribution is -1.75. The van der Waals surface area contributed by atoms with Gasteiger partial charge in [-0.05, 0) is 26.3 Å². The molecular weight excluding hydrogens is 127 g/mol. The van der Waals surface area contributed by atoms with Crippen LogP contribution in [-0.4, -0.2) is 0 Å². The molecule has 0 nitrogen and oxygen atoms in total. The summed E-state index contributed by atoms with van der Waals surface area (Å²) >= 11 is 0. The summed E-state index contributed by atoms with van der Waals surface area (Å²) in [6.45, 7) is 5.74. The first-order valence-electron chi connectivity index (χ1n) is 3.69. The number of halogens is 1. The van der Waals surface area contributed by atoms with Crippen LogP contribution in [0.5, 0.6) is 0 Å². The van der Waals surface area contributed by atoms with Crippen molar-refractivity contribution in [2.24, 2.45) is 0 Å². The van der Waals surface area contributed by atoms with Crippen LogP contribution >= 0.6 is 0 Å². The molecule has 1 heteroatoms. The van der Waals surface area contributed by atoms with E-state index in [0.717, 1.165) is 18.4 Å². The highest BCUT2D eigenvalue weighted by Crippen LogP contribution is 2.08. The lowest BCUT2D eigenvalue weighted by Gasteiger charge is -1.94. The first-order valence-corrected chi connectivity index (χ1v) is 3.69. The summed E-state index contributed by atoms with van der Waals surface area (Å²) < 4.78 is 12.5. The van der Waals surface area contributed by atoms with Crippen molar-refractivity contribution in [3.05, 3.63) is 23.6 Å². The van der Waals surface area contributed by atoms with Gasteiger partial charge in [-0.25, -0.2) is 4.39 Å². The van der Waals surface area contributed by atoms with Crippen LogP contribution in [0.4, 0.5) is 4.39 Å². The second-order valence-electron chi connectivity index (χ2n) is 2.41. The van der Waals surface area contributed by atoms with Crippen molar-refractivity contribution in [1.82, 2.24) is 0 Å². The predicted molar refractivity (Wildman–Crippen MR) is 43.5 cm³/mol. The normalized spacial score (nSPS) is 14.0. The van der Waals surface area contributed by atoms with Crippen LogP contribution in [0.2, 0.25) is 0 Å². The van der Waals surface area contributed by atoms with Crippen LogP contribution < -0.4 is 0 Å². The topological polar surface area (TPSA) is 0 Å². The molecule has 0 saturated heterocycles. The molecule has 0 aliphatic heterocycles. The van der Waals surface area contributed by atoms with E-state index >= 15 is 0 Å². The molecule has 58 valence electrons. The molecule has 0 rings (SSSR count). The maximum Gasteiger partial charge on any atom is 0.118 e. The number of allylic oxidation sites excluding steroid dienone is 4. The van der Waals surface area contributed by atoms with Crippen molar-refractivity contribution in [2.75, 3.05) is 0 Å². The van der Waals surface area contributed by atoms with Gasteiger partial charge in [0, 0.05) is 0 Å². The van der Waals surface area contributed by atoms with Gasteiger partial charge >= 0.3 is 0 Å². The van der Waals surface area contributed by atoms with Crippen molar-refractivity contribution < 1.29 is 4.39 Å². The van der Waals surface area contributed by atoms with Crippen molar-refractivity contribution >= 4 is 0 Å². The van der Waals surface area contributed by atoms with Crippen molar-refractivity contribution in [1.29, 1.82) is 0 Å². The second-order valence-corrected chi connectivity index (χ2v) is 2.41. The third kappa shape index (κ3) is 4.30. The Kier molecular flexibility index (Phi) is 4.91.